The predicted molar refractivity (Wildman–Crippen MR) is 87.9 cm³/mol. The van der Waals surface area contributed by atoms with Crippen molar-refractivity contribution in [1.29, 1.82) is 0 Å². The molecule has 24 heavy (non-hydrogen) atoms. The first kappa shape index (κ1) is 16.6. The van der Waals surface area contributed by atoms with Crippen LogP contribution in [0.5, 0.6) is 0 Å². The van der Waals surface area contributed by atoms with Crippen LogP contribution >= 0.6 is 0 Å². The fourth-order valence-electron chi connectivity index (χ4n) is 2.77. The van der Waals surface area contributed by atoms with E-state index in [0.717, 1.165) is 0 Å². The summed E-state index contributed by atoms with van der Waals surface area (Å²) in [7, 11) is -3.73. The Balaban J connectivity index is 1.91. The highest BCUT2D eigenvalue weighted by atomic mass is 32.2. The van der Waals surface area contributed by atoms with Gasteiger partial charge in [-0.2, -0.15) is 4.31 Å². The van der Waals surface area contributed by atoms with E-state index < -0.39 is 21.9 Å². The first-order valence-corrected chi connectivity index (χ1v) is 9.15. The van der Waals surface area contributed by atoms with Crippen LogP contribution in [-0.2, 0) is 20.6 Å². The molecule has 1 aliphatic rings. The molecule has 3 rings (SSSR count). The summed E-state index contributed by atoms with van der Waals surface area (Å²) in [6.07, 6.45) is 0. The molecule has 0 aliphatic carbocycles. The van der Waals surface area contributed by atoms with E-state index in [4.69, 9.17) is 0 Å². The van der Waals surface area contributed by atoms with Gasteiger partial charge in [-0.1, -0.05) is 42.5 Å². The van der Waals surface area contributed by atoms with Crippen LogP contribution in [0.1, 0.15) is 17.2 Å². The number of rotatable bonds is 4. The van der Waals surface area contributed by atoms with E-state index in [-0.39, 0.29) is 24.7 Å². The minimum absolute atomic E-state index is 0.203. The van der Waals surface area contributed by atoms with Crippen molar-refractivity contribution in [1.82, 2.24) is 9.62 Å². The van der Waals surface area contributed by atoms with Gasteiger partial charge in [0.2, 0.25) is 15.9 Å². The van der Waals surface area contributed by atoms with E-state index in [1.54, 1.807) is 24.3 Å². The molecule has 1 atom stereocenters. The van der Waals surface area contributed by atoms with Gasteiger partial charge in [-0.3, -0.25) is 4.79 Å². The van der Waals surface area contributed by atoms with Crippen molar-refractivity contribution in [2.24, 2.45) is 0 Å². The molecule has 1 saturated heterocycles. The van der Waals surface area contributed by atoms with Gasteiger partial charge in [0, 0.05) is 13.1 Å². The number of amides is 1. The molecule has 0 bridgehead atoms. The Morgan fingerprint density at radius 3 is 2.42 bits per heavy atom. The number of piperazine rings is 1. The summed E-state index contributed by atoms with van der Waals surface area (Å²) in [5, 5.41) is 2.71. The molecule has 1 amide bonds. The SMILES string of the molecule is O=C1NCCN(S(=O)(=O)Cc2ccc(F)cc2)C1c1ccccc1. The summed E-state index contributed by atoms with van der Waals surface area (Å²) in [5.74, 6) is -1.03. The molecular formula is C17H17FN2O3S. The number of sulfonamides is 1. The zero-order valence-corrected chi connectivity index (χ0v) is 13.7. The molecule has 1 aliphatic heterocycles. The molecule has 0 radical (unpaired) electrons. The molecule has 7 heteroatoms. The van der Waals surface area contributed by atoms with Gasteiger partial charge in [-0.15, -0.1) is 0 Å². The summed E-state index contributed by atoms with van der Waals surface area (Å²) in [5.41, 5.74) is 1.10. The van der Waals surface area contributed by atoms with Crippen molar-refractivity contribution in [3.63, 3.8) is 0 Å². The van der Waals surface area contributed by atoms with Crippen molar-refractivity contribution in [3.8, 4) is 0 Å². The average Bonchev–Trinajstić information content (AvgIpc) is 2.57. The lowest BCUT2D eigenvalue weighted by Gasteiger charge is -2.34. The minimum Gasteiger partial charge on any atom is -0.353 e. The largest absolute Gasteiger partial charge is 0.353 e. The zero-order valence-electron chi connectivity index (χ0n) is 12.9. The quantitative estimate of drug-likeness (QED) is 0.917. The number of hydrogen-bond donors (Lipinski definition) is 1. The van der Waals surface area contributed by atoms with Gasteiger partial charge in [0.05, 0.1) is 5.75 Å². The van der Waals surface area contributed by atoms with Crippen molar-refractivity contribution < 1.29 is 17.6 Å². The number of nitrogens with one attached hydrogen (secondary N) is 1. The van der Waals surface area contributed by atoms with Gasteiger partial charge in [-0.25, -0.2) is 12.8 Å². The monoisotopic (exact) mass is 348 g/mol. The van der Waals surface area contributed by atoms with Crippen LogP contribution in [0.4, 0.5) is 4.39 Å². The topological polar surface area (TPSA) is 66.5 Å². The smallest absolute Gasteiger partial charge is 0.243 e. The van der Waals surface area contributed by atoms with E-state index in [9.17, 15) is 17.6 Å². The maximum Gasteiger partial charge on any atom is 0.243 e. The average molecular weight is 348 g/mol. The van der Waals surface area contributed by atoms with E-state index in [2.05, 4.69) is 5.32 Å². The molecule has 1 N–H and O–H groups in total. The first-order valence-electron chi connectivity index (χ1n) is 7.54. The lowest BCUT2D eigenvalue weighted by molar-refractivity contribution is -0.126. The van der Waals surface area contributed by atoms with Gasteiger partial charge in [0.15, 0.2) is 0 Å². The maximum atomic E-state index is 13.0. The second-order valence-corrected chi connectivity index (χ2v) is 7.52. The van der Waals surface area contributed by atoms with Gasteiger partial charge in [-0.05, 0) is 23.3 Å². The molecule has 2 aromatic rings. The van der Waals surface area contributed by atoms with E-state index in [1.165, 1.54) is 28.6 Å². The minimum atomic E-state index is -3.73. The highest BCUT2D eigenvalue weighted by molar-refractivity contribution is 7.88. The Bertz CT molecular complexity index is 823. The van der Waals surface area contributed by atoms with Crippen molar-refractivity contribution in [3.05, 3.63) is 71.5 Å². The summed E-state index contributed by atoms with van der Waals surface area (Å²) in [6, 6.07) is 13.2. The molecule has 126 valence electrons. The van der Waals surface area contributed by atoms with Gasteiger partial charge in [0.25, 0.3) is 0 Å². The molecule has 1 heterocycles. The van der Waals surface area contributed by atoms with E-state index in [1.807, 2.05) is 6.07 Å². The normalized spacial score (nSPS) is 19.0. The number of hydrogen-bond acceptors (Lipinski definition) is 3. The molecule has 1 unspecified atom stereocenters. The highest BCUT2D eigenvalue weighted by Crippen LogP contribution is 2.27. The predicted octanol–water partition coefficient (Wildman–Crippen LogP) is 1.83. The molecule has 1 fully saturated rings. The number of carbonyl (C=O) groups is 1. The maximum absolute atomic E-state index is 13.0. The molecule has 0 saturated carbocycles. The van der Waals surface area contributed by atoms with Crippen LogP contribution in [0.15, 0.2) is 54.6 Å². The van der Waals surface area contributed by atoms with Crippen LogP contribution in [0.2, 0.25) is 0 Å². The number of carbonyl (C=O) groups excluding carboxylic acids is 1. The van der Waals surface area contributed by atoms with Crippen LogP contribution < -0.4 is 5.32 Å². The third-order valence-corrected chi connectivity index (χ3v) is 5.71. The Kier molecular flexibility index (Phi) is 4.64. The second kappa shape index (κ2) is 6.70. The van der Waals surface area contributed by atoms with Crippen molar-refractivity contribution >= 4 is 15.9 Å². The van der Waals surface area contributed by atoms with Gasteiger partial charge in [0.1, 0.15) is 11.9 Å². The fourth-order valence-corrected chi connectivity index (χ4v) is 4.46. The molecular weight excluding hydrogens is 331 g/mol. The zero-order chi connectivity index (χ0) is 17.2. The van der Waals surface area contributed by atoms with Crippen LogP contribution in [0, 0.1) is 5.82 Å². The number of benzene rings is 2. The molecule has 5 nitrogen and oxygen atoms in total. The van der Waals surface area contributed by atoms with E-state index in [0.29, 0.717) is 11.1 Å². The molecule has 0 spiro atoms. The van der Waals surface area contributed by atoms with Gasteiger partial charge < -0.3 is 5.32 Å². The van der Waals surface area contributed by atoms with Crippen LogP contribution in [-0.4, -0.2) is 31.7 Å². The fraction of sp³-hybridized carbons (Fsp3) is 0.235. The van der Waals surface area contributed by atoms with Gasteiger partial charge >= 0.3 is 0 Å². The lowest BCUT2D eigenvalue weighted by Crippen LogP contribution is -2.52. The van der Waals surface area contributed by atoms with E-state index >= 15 is 0 Å². The Morgan fingerprint density at radius 1 is 1.08 bits per heavy atom. The summed E-state index contributed by atoms with van der Waals surface area (Å²) in [6.45, 7) is 0.472. The Morgan fingerprint density at radius 2 is 1.75 bits per heavy atom. The number of nitrogens with zero attached hydrogens (tertiary/aromatic N) is 1. The first-order chi connectivity index (χ1) is 11.5. The van der Waals surface area contributed by atoms with Crippen LogP contribution in [0.25, 0.3) is 0 Å². The number of halogens is 1. The highest BCUT2D eigenvalue weighted by Gasteiger charge is 2.38. The Labute approximate surface area is 140 Å². The third-order valence-electron chi connectivity index (χ3n) is 3.90. The molecule has 0 aromatic heterocycles. The summed E-state index contributed by atoms with van der Waals surface area (Å²) in [4.78, 5) is 12.3. The summed E-state index contributed by atoms with van der Waals surface area (Å²) >= 11 is 0. The van der Waals surface area contributed by atoms with Crippen molar-refractivity contribution in [2.75, 3.05) is 13.1 Å². The Hall–Kier alpha value is -2.25. The lowest BCUT2D eigenvalue weighted by atomic mass is 10.1. The third kappa shape index (κ3) is 3.47. The standard InChI is InChI=1S/C17H17FN2O3S/c18-15-8-6-13(7-9-15)12-24(22,23)20-11-10-19-17(21)16(20)14-4-2-1-3-5-14/h1-9,16H,10-12H2,(H,19,21). The summed E-state index contributed by atoms with van der Waals surface area (Å²) < 4.78 is 39.9. The van der Waals surface area contributed by atoms with Crippen molar-refractivity contribution in [2.45, 2.75) is 11.8 Å². The van der Waals surface area contributed by atoms with Crippen LogP contribution in [0.3, 0.4) is 0 Å². The second-order valence-electron chi connectivity index (χ2n) is 5.60. The molecule has 2 aromatic carbocycles.